The number of nitrogens with one attached hydrogen (secondary N) is 1. The number of carbonyl (C=O) groups excluding carboxylic acids is 1. The quantitative estimate of drug-likeness (QED) is 0.703. The van der Waals surface area contributed by atoms with Gasteiger partial charge in [0.05, 0.1) is 0 Å². The molecule has 156 valence electrons. The summed E-state index contributed by atoms with van der Waals surface area (Å²) in [4.78, 5) is 21.2. The third kappa shape index (κ3) is 4.58. The van der Waals surface area contributed by atoms with Crippen molar-refractivity contribution in [3.8, 4) is 11.5 Å². The first-order valence-electron chi connectivity index (χ1n) is 10.2. The van der Waals surface area contributed by atoms with Crippen molar-refractivity contribution in [2.24, 2.45) is 0 Å². The first kappa shape index (κ1) is 20.3. The van der Waals surface area contributed by atoms with Gasteiger partial charge >= 0.3 is 0 Å². The number of carbonyl (C=O) groups is 1. The van der Waals surface area contributed by atoms with Crippen LogP contribution in [0.2, 0.25) is 0 Å². The van der Waals surface area contributed by atoms with Gasteiger partial charge in [-0.25, -0.2) is 0 Å². The Morgan fingerprint density at radius 1 is 1.20 bits per heavy atom. The maximum absolute atomic E-state index is 12.9. The highest BCUT2D eigenvalue weighted by Gasteiger charge is 2.17. The van der Waals surface area contributed by atoms with E-state index in [2.05, 4.69) is 39.4 Å². The molecule has 0 aliphatic carbocycles. The fourth-order valence-electron chi connectivity index (χ4n) is 3.72. The van der Waals surface area contributed by atoms with Gasteiger partial charge in [0.15, 0.2) is 5.82 Å². The highest BCUT2D eigenvalue weighted by atomic mass is 16.5. The molecular weight excluding hydrogens is 378 g/mol. The van der Waals surface area contributed by atoms with E-state index >= 15 is 0 Å². The van der Waals surface area contributed by atoms with Gasteiger partial charge in [0.25, 0.3) is 11.8 Å². The molecule has 1 N–H and O–H groups in total. The Kier molecular flexibility index (Phi) is 5.92. The number of piperazine rings is 1. The lowest BCUT2D eigenvalue weighted by atomic mass is 10.1. The second kappa shape index (κ2) is 8.77. The molecule has 3 aromatic rings. The maximum atomic E-state index is 12.9. The predicted molar refractivity (Wildman–Crippen MR) is 116 cm³/mol. The summed E-state index contributed by atoms with van der Waals surface area (Å²) >= 11 is 0. The number of rotatable bonds is 5. The van der Waals surface area contributed by atoms with Crippen LogP contribution in [-0.4, -0.2) is 53.7 Å². The lowest BCUT2D eigenvalue weighted by Gasteiger charge is -2.31. The highest BCUT2D eigenvalue weighted by Crippen LogP contribution is 2.21. The van der Waals surface area contributed by atoms with Gasteiger partial charge in [0.1, 0.15) is 0 Å². The Morgan fingerprint density at radius 2 is 1.93 bits per heavy atom. The van der Waals surface area contributed by atoms with Crippen LogP contribution in [0.4, 0.5) is 5.69 Å². The van der Waals surface area contributed by atoms with Gasteiger partial charge < -0.3 is 14.7 Å². The largest absolute Gasteiger partial charge is 0.334 e. The summed E-state index contributed by atoms with van der Waals surface area (Å²) in [7, 11) is 1.80. The summed E-state index contributed by atoms with van der Waals surface area (Å²) in [6.07, 6.45) is 0. The first-order valence-corrected chi connectivity index (χ1v) is 10.2. The monoisotopic (exact) mass is 405 g/mol. The minimum absolute atomic E-state index is 0.0630. The molecule has 1 amide bonds. The first-order chi connectivity index (χ1) is 14.5. The molecule has 0 bridgehead atoms. The molecule has 1 saturated heterocycles. The molecule has 0 radical (unpaired) electrons. The molecule has 1 fully saturated rings. The van der Waals surface area contributed by atoms with Crippen molar-refractivity contribution in [2.75, 3.05) is 31.6 Å². The number of hydrogen-bond acceptors (Lipinski definition) is 6. The Hall–Kier alpha value is -3.03. The minimum Gasteiger partial charge on any atom is -0.334 e. The van der Waals surface area contributed by atoms with Crippen molar-refractivity contribution >= 4 is 11.6 Å². The Morgan fingerprint density at radius 3 is 2.57 bits per heavy atom. The van der Waals surface area contributed by atoms with E-state index in [0.717, 1.165) is 37.4 Å². The van der Waals surface area contributed by atoms with E-state index in [1.807, 2.05) is 24.3 Å². The van der Waals surface area contributed by atoms with Crippen LogP contribution in [-0.2, 0) is 6.54 Å². The summed E-state index contributed by atoms with van der Waals surface area (Å²) in [5, 5.41) is 7.26. The molecule has 0 unspecified atom stereocenters. The highest BCUT2D eigenvalue weighted by molar-refractivity contribution is 6.05. The van der Waals surface area contributed by atoms with E-state index in [4.69, 9.17) is 4.52 Å². The Balaban J connectivity index is 1.40. The van der Waals surface area contributed by atoms with Gasteiger partial charge in [-0.15, -0.1) is 0 Å². The molecule has 2 heterocycles. The van der Waals surface area contributed by atoms with E-state index < -0.39 is 0 Å². The fraction of sp³-hybridized carbons (Fsp3) is 0.348. The van der Waals surface area contributed by atoms with Crippen molar-refractivity contribution in [2.45, 2.75) is 26.4 Å². The number of nitrogens with zero attached hydrogens (tertiary/aromatic N) is 4. The van der Waals surface area contributed by atoms with Crippen molar-refractivity contribution in [3.05, 3.63) is 65.5 Å². The summed E-state index contributed by atoms with van der Waals surface area (Å²) < 4.78 is 5.18. The van der Waals surface area contributed by atoms with Crippen LogP contribution in [0.15, 0.2) is 53.1 Å². The van der Waals surface area contributed by atoms with Crippen LogP contribution >= 0.6 is 0 Å². The lowest BCUT2D eigenvalue weighted by Crippen LogP contribution is -2.48. The predicted octanol–water partition coefficient (Wildman–Crippen LogP) is 3.12. The molecule has 0 spiro atoms. The number of hydrogen-bond donors (Lipinski definition) is 1. The van der Waals surface area contributed by atoms with E-state index in [0.29, 0.717) is 23.3 Å². The zero-order chi connectivity index (χ0) is 21.1. The van der Waals surface area contributed by atoms with E-state index in [1.165, 1.54) is 5.56 Å². The zero-order valence-corrected chi connectivity index (χ0v) is 17.6. The molecule has 7 heteroatoms. The van der Waals surface area contributed by atoms with E-state index in [9.17, 15) is 4.79 Å². The molecular formula is C23H27N5O2. The summed E-state index contributed by atoms with van der Waals surface area (Å²) in [5.74, 6) is 0.973. The third-order valence-electron chi connectivity index (χ3n) is 5.39. The van der Waals surface area contributed by atoms with Crippen LogP contribution in [0.25, 0.3) is 11.5 Å². The maximum Gasteiger partial charge on any atom is 0.258 e. The number of amides is 1. The van der Waals surface area contributed by atoms with Crippen LogP contribution in [0, 0.1) is 6.92 Å². The molecule has 0 saturated carbocycles. The van der Waals surface area contributed by atoms with Gasteiger partial charge in [0.2, 0.25) is 0 Å². The van der Waals surface area contributed by atoms with Gasteiger partial charge in [-0.2, -0.15) is 4.98 Å². The Bertz CT molecular complexity index is 997. The van der Waals surface area contributed by atoms with Crippen molar-refractivity contribution in [1.29, 1.82) is 0 Å². The molecule has 30 heavy (non-hydrogen) atoms. The summed E-state index contributed by atoms with van der Waals surface area (Å²) in [6.45, 7) is 8.06. The molecule has 1 atom stereocenters. The SMILES string of the molecule is Cc1noc(-c2ccc(C(=O)N(C)c3ccc(CN4CCN[C@@H](C)C4)cc3)cc2)n1. The normalized spacial score (nSPS) is 17.1. The molecule has 2 aromatic carbocycles. The number of aromatic nitrogens is 2. The second-order valence-corrected chi connectivity index (χ2v) is 7.84. The topological polar surface area (TPSA) is 74.5 Å². The minimum atomic E-state index is -0.0630. The van der Waals surface area contributed by atoms with Gasteiger partial charge in [-0.3, -0.25) is 9.69 Å². The van der Waals surface area contributed by atoms with E-state index in [-0.39, 0.29) is 5.91 Å². The molecule has 4 rings (SSSR count). The Labute approximate surface area is 176 Å². The summed E-state index contributed by atoms with van der Waals surface area (Å²) in [5.41, 5.74) is 3.53. The van der Waals surface area contributed by atoms with Crippen LogP contribution in [0.3, 0.4) is 0 Å². The molecule has 7 nitrogen and oxygen atoms in total. The number of benzene rings is 2. The van der Waals surface area contributed by atoms with Crippen molar-refractivity contribution in [1.82, 2.24) is 20.4 Å². The fourth-order valence-corrected chi connectivity index (χ4v) is 3.72. The van der Waals surface area contributed by atoms with Crippen LogP contribution in [0.5, 0.6) is 0 Å². The average Bonchev–Trinajstić information content (AvgIpc) is 3.20. The van der Waals surface area contributed by atoms with E-state index in [1.54, 1.807) is 31.0 Å². The van der Waals surface area contributed by atoms with Gasteiger partial charge in [-0.1, -0.05) is 17.3 Å². The van der Waals surface area contributed by atoms with Gasteiger partial charge in [-0.05, 0) is 55.8 Å². The second-order valence-electron chi connectivity index (χ2n) is 7.84. The number of anilines is 1. The van der Waals surface area contributed by atoms with Gasteiger partial charge in [0, 0.05) is 56.1 Å². The molecule has 1 aliphatic rings. The third-order valence-corrected chi connectivity index (χ3v) is 5.39. The molecule has 1 aliphatic heterocycles. The average molecular weight is 406 g/mol. The van der Waals surface area contributed by atoms with Crippen LogP contribution < -0.4 is 10.2 Å². The number of aryl methyl sites for hydroxylation is 1. The summed E-state index contributed by atoms with van der Waals surface area (Å²) in [6, 6.07) is 16.0. The standard InChI is InChI=1S/C23H27N5O2/c1-16-14-28(13-12-24-16)15-18-4-10-21(11-5-18)27(3)23(29)20-8-6-19(7-9-20)22-25-17(2)26-30-22/h4-11,16,24H,12-15H2,1-3H3/t16-/m0/s1. The zero-order valence-electron chi connectivity index (χ0n) is 17.6. The van der Waals surface area contributed by atoms with Crippen molar-refractivity contribution in [3.63, 3.8) is 0 Å². The lowest BCUT2D eigenvalue weighted by molar-refractivity contribution is 0.0993. The molecule has 1 aromatic heterocycles. The smallest absolute Gasteiger partial charge is 0.258 e. The van der Waals surface area contributed by atoms with Crippen LogP contribution in [0.1, 0.15) is 28.7 Å². The van der Waals surface area contributed by atoms with Crippen molar-refractivity contribution < 1.29 is 9.32 Å².